The fourth-order valence-electron chi connectivity index (χ4n) is 9.88. The Morgan fingerprint density at radius 1 is 0.255 bits per heavy atom. The minimum absolute atomic E-state index is 0.00450. The van der Waals surface area contributed by atoms with Crippen molar-refractivity contribution in [3.8, 4) is 0 Å². The highest BCUT2D eigenvalue weighted by atomic mass is 31.2. The second kappa shape index (κ2) is 80.7. The van der Waals surface area contributed by atoms with Crippen LogP contribution < -0.4 is 0 Å². The van der Waals surface area contributed by atoms with Crippen LogP contribution in [0.4, 0.5) is 0 Å². The highest BCUT2D eigenvalue weighted by Crippen LogP contribution is 2.45. The Morgan fingerprint density at radius 2 is 0.455 bits per heavy atom. The fourth-order valence-corrected chi connectivity index (χ4v) is 11.5. The number of unbranched alkanes of at least 4 members (excludes halogenated alkanes) is 15. The molecule has 0 aliphatic rings. The number of phosphoric acid groups is 2. The minimum atomic E-state index is -5.03. The van der Waals surface area contributed by atoms with Gasteiger partial charge in [0.1, 0.15) is 19.3 Å². The lowest BCUT2D eigenvalue weighted by Gasteiger charge is -2.21. The summed E-state index contributed by atoms with van der Waals surface area (Å²) in [4.78, 5) is 73.1. The van der Waals surface area contributed by atoms with Crippen molar-refractivity contribution in [2.45, 2.75) is 303 Å². The molecule has 0 spiro atoms. The predicted molar refractivity (Wildman–Crippen MR) is 454 cm³/mol. The molecule has 19 heteroatoms. The Kier molecular flexibility index (Phi) is 76.0. The van der Waals surface area contributed by atoms with Gasteiger partial charge in [-0.2, -0.15) is 0 Å². The second-order valence-electron chi connectivity index (χ2n) is 26.6. The lowest BCUT2D eigenvalue weighted by Crippen LogP contribution is -2.30. The van der Waals surface area contributed by atoms with Crippen LogP contribution in [0.2, 0.25) is 0 Å². The monoisotopic (exact) mass is 1570 g/mol. The van der Waals surface area contributed by atoms with Crippen molar-refractivity contribution < 1.29 is 80.2 Å². The van der Waals surface area contributed by atoms with Gasteiger partial charge in [0.25, 0.3) is 0 Å². The second-order valence-corrected chi connectivity index (χ2v) is 29.5. The molecule has 110 heavy (non-hydrogen) atoms. The lowest BCUT2D eigenvalue weighted by atomic mass is 10.2. The van der Waals surface area contributed by atoms with Gasteiger partial charge < -0.3 is 33.8 Å². The molecule has 17 nitrogen and oxygen atoms in total. The smallest absolute Gasteiger partial charge is 0.462 e. The molecule has 0 aromatic rings. The molecule has 2 unspecified atom stereocenters. The van der Waals surface area contributed by atoms with E-state index in [0.717, 1.165) is 103 Å². The summed E-state index contributed by atoms with van der Waals surface area (Å²) in [6, 6.07) is 0. The largest absolute Gasteiger partial charge is 0.472 e. The van der Waals surface area contributed by atoms with Crippen LogP contribution in [0.5, 0.6) is 0 Å². The van der Waals surface area contributed by atoms with Gasteiger partial charge in [-0.1, -0.05) is 286 Å². The third kappa shape index (κ3) is 79.7. The molecule has 0 radical (unpaired) electrons. The van der Waals surface area contributed by atoms with Crippen LogP contribution >= 0.6 is 15.6 Å². The number of allylic oxidation sites excluding steroid dienone is 34. The minimum Gasteiger partial charge on any atom is -0.462 e. The number of esters is 4. The van der Waals surface area contributed by atoms with E-state index in [1.54, 1.807) is 0 Å². The highest BCUT2D eigenvalue weighted by molar-refractivity contribution is 7.47. The molecule has 0 fully saturated rings. The summed E-state index contributed by atoms with van der Waals surface area (Å²) < 4.78 is 68.4. The van der Waals surface area contributed by atoms with Crippen molar-refractivity contribution >= 4 is 39.5 Å². The molecular weight excluding hydrogens is 1430 g/mol. The molecule has 0 aliphatic carbocycles. The van der Waals surface area contributed by atoms with Crippen LogP contribution in [-0.4, -0.2) is 96.7 Å². The van der Waals surface area contributed by atoms with Gasteiger partial charge in [-0.15, -0.1) is 0 Å². The normalized spacial score (nSPS) is 14.9. The molecule has 0 aromatic carbocycles. The van der Waals surface area contributed by atoms with E-state index in [1.165, 1.54) is 77.0 Å². The first-order valence-corrected chi connectivity index (χ1v) is 44.3. The summed E-state index contributed by atoms with van der Waals surface area (Å²) in [5, 5.41) is 10.7. The summed E-state index contributed by atoms with van der Waals surface area (Å²) >= 11 is 0. The third-order valence-electron chi connectivity index (χ3n) is 16.2. The van der Waals surface area contributed by atoms with E-state index in [4.69, 9.17) is 37.0 Å². The zero-order chi connectivity index (χ0) is 80.3. The number of aliphatic hydroxyl groups excluding tert-OH is 1. The average Bonchev–Trinajstić information content (AvgIpc) is 0.900. The van der Waals surface area contributed by atoms with E-state index in [2.05, 4.69) is 180 Å². The van der Waals surface area contributed by atoms with Crippen molar-refractivity contribution in [1.82, 2.24) is 0 Å². The van der Waals surface area contributed by atoms with Crippen molar-refractivity contribution in [3.63, 3.8) is 0 Å². The van der Waals surface area contributed by atoms with Crippen LogP contribution in [0.1, 0.15) is 285 Å². The number of hydrogen-bond acceptors (Lipinski definition) is 15. The molecule has 0 amide bonds. The van der Waals surface area contributed by atoms with E-state index in [-0.39, 0.29) is 25.7 Å². The molecule has 3 N–H and O–H groups in total. The lowest BCUT2D eigenvalue weighted by molar-refractivity contribution is -0.161. The van der Waals surface area contributed by atoms with E-state index >= 15 is 0 Å². The zero-order valence-corrected chi connectivity index (χ0v) is 69.6. The van der Waals surface area contributed by atoms with E-state index in [1.807, 2.05) is 54.7 Å². The molecule has 0 rings (SSSR count). The van der Waals surface area contributed by atoms with Crippen molar-refractivity contribution in [2.24, 2.45) is 0 Å². The summed E-state index contributed by atoms with van der Waals surface area (Å²) in [5.41, 5.74) is 0. The standard InChI is InChI=1S/C91H144O17P2/c1-5-9-13-17-21-25-29-33-37-41-42-46-50-54-58-62-66-70-74-78-91(96)108-87(82-102-89(94)76-72-68-64-60-56-52-48-44-39-35-31-27-23-19-15-11-7-3)84-106-110(99,100)104-80-85(92)79-103-109(97,98)105-83-86(107-90(95)77-73-69-65-61-57-53-49-45-40-36-32-28-24-20-16-12-8-4)81-101-88(93)75-71-67-63-59-55-51-47-43-38-34-30-26-22-18-14-10-6-2/h21-28,33-40,42,46-49,51-54,58-61,63-66,70,85-87,92H,5-20,29-32,41,43-45,50,55-57,62,67-69,71-84H2,1-4H3,(H,97,98)(H,99,100)/b25-21-,26-22-,27-23-,28-24-,37-33-,38-34-,39-35-,40-36-,46-42-,51-47-,52-48-,53-49-,58-54-,63-59-,64-60-,65-61-,70-66-/t85-,86+,87+/m0/s1. The van der Waals surface area contributed by atoms with Gasteiger partial charge in [0, 0.05) is 25.7 Å². The van der Waals surface area contributed by atoms with Gasteiger partial charge in [-0.3, -0.25) is 37.3 Å². The fraction of sp³-hybridized carbons (Fsp3) is 0.582. The molecule has 620 valence electrons. The third-order valence-corrected chi connectivity index (χ3v) is 18.1. The van der Waals surface area contributed by atoms with Crippen molar-refractivity contribution in [1.29, 1.82) is 0 Å². The molecule has 0 saturated carbocycles. The Hall–Kier alpha value is -6.36. The quantitative estimate of drug-likeness (QED) is 0.0169. The Labute approximate surface area is 665 Å². The topological polar surface area (TPSA) is 237 Å². The van der Waals surface area contributed by atoms with Gasteiger partial charge in [0.15, 0.2) is 12.2 Å². The Bertz CT molecular complexity index is 2900. The van der Waals surface area contributed by atoms with Crippen LogP contribution in [0.3, 0.4) is 0 Å². The number of hydrogen-bond donors (Lipinski definition) is 3. The predicted octanol–water partition coefficient (Wildman–Crippen LogP) is 24.7. The van der Waals surface area contributed by atoms with E-state index in [9.17, 15) is 43.2 Å². The Balaban J connectivity index is 5.62. The number of carbonyl (C=O) groups excluding carboxylic acids is 4. The molecule has 0 bridgehead atoms. The first-order chi connectivity index (χ1) is 53.7. The van der Waals surface area contributed by atoms with Crippen LogP contribution in [0.25, 0.3) is 0 Å². The van der Waals surface area contributed by atoms with Crippen LogP contribution in [-0.2, 0) is 65.4 Å². The van der Waals surface area contributed by atoms with Gasteiger partial charge in [-0.25, -0.2) is 9.13 Å². The maximum atomic E-state index is 13.1. The number of phosphoric ester groups is 2. The molecular formula is C91H144O17P2. The SMILES string of the molecule is CCCCC/C=C\C/C=C\C/C=C\C/C=C\C/C=C\CCC(=O)O[C@H](COC(=O)CCC/C=C\C/C=C\C/C=C\C/C=C\CCCCC)COP(=O)(O)OC[C@@H](O)COP(=O)(O)OC[C@@H](COC(=O)CCC/C=C\C/C=C\C/C=C\C/C=C\CCCCC)OC(=O)CCC/C=C\C/C=C\C/C=C\C/C=C\CCCCC. The average molecular weight is 1570 g/mol. The van der Waals surface area contributed by atoms with Gasteiger partial charge in [0.2, 0.25) is 0 Å². The first-order valence-electron chi connectivity index (χ1n) is 41.3. The summed E-state index contributed by atoms with van der Waals surface area (Å²) in [5.74, 6) is -2.49. The van der Waals surface area contributed by atoms with Crippen molar-refractivity contribution in [3.05, 3.63) is 207 Å². The Morgan fingerprint density at radius 3 is 0.700 bits per heavy atom. The van der Waals surface area contributed by atoms with E-state index in [0.29, 0.717) is 51.4 Å². The molecule has 0 aliphatic heterocycles. The number of ether oxygens (including phenoxy) is 4. The maximum Gasteiger partial charge on any atom is 0.472 e. The van der Waals surface area contributed by atoms with Gasteiger partial charge in [-0.05, 0) is 180 Å². The van der Waals surface area contributed by atoms with Crippen LogP contribution in [0.15, 0.2) is 207 Å². The zero-order valence-electron chi connectivity index (χ0n) is 67.8. The maximum absolute atomic E-state index is 13.1. The van der Waals surface area contributed by atoms with Gasteiger partial charge in [0.05, 0.1) is 26.4 Å². The number of rotatable bonds is 75. The molecule has 5 atom stereocenters. The van der Waals surface area contributed by atoms with Crippen molar-refractivity contribution in [2.75, 3.05) is 39.6 Å². The summed E-state index contributed by atoms with van der Waals surface area (Å²) in [6.07, 6.45) is 101. The first kappa shape index (κ1) is 104. The molecule has 0 aromatic heterocycles. The van der Waals surface area contributed by atoms with E-state index < -0.39 is 97.5 Å². The molecule has 0 heterocycles. The highest BCUT2D eigenvalue weighted by Gasteiger charge is 2.30. The van der Waals surface area contributed by atoms with Crippen LogP contribution in [0, 0.1) is 0 Å². The number of carbonyl (C=O) groups is 4. The summed E-state index contributed by atoms with van der Waals surface area (Å²) in [7, 11) is -10.1. The summed E-state index contributed by atoms with van der Waals surface area (Å²) in [6.45, 7) is 4.46. The molecule has 0 saturated heterocycles. The van der Waals surface area contributed by atoms with Gasteiger partial charge >= 0.3 is 39.5 Å². The number of aliphatic hydroxyl groups is 1.